The highest BCUT2D eigenvalue weighted by Gasteiger charge is 2.72. The summed E-state index contributed by atoms with van der Waals surface area (Å²) in [6.07, 6.45) is -3.22. The third-order valence-electron chi connectivity index (χ3n) is 5.76. The summed E-state index contributed by atoms with van der Waals surface area (Å²) in [5.41, 5.74) is -5.53. The molecule has 6 nitrogen and oxygen atoms in total. The van der Waals surface area contributed by atoms with Gasteiger partial charge in [-0.25, -0.2) is 4.39 Å². The van der Waals surface area contributed by atoms with Crippen LogP contribution in [-0.4, -0.2) is 34.3 Å². The third kappa shape index (κ3) is 3.59. The molecule has 0 saturated heterocycles. The Morgan fingerprint density at radius 2 is 1.76 bits per heavy atom. The van der Waals surface area contributed by atoms with Crippen molar-refractivity contribution in [2.45, 2.75) is 38.4 Å². The van der Waals surface area contributed by atoms with Crippen molar-refractivity contribution >= 4 is 23.3 Å². The van der Waals surface area contributed by atoms with Gasteiger partial charge < -0.3 is 5.32 Å². The number of rotatable bonds is 3. The maximum Gasteiger partial charge on any atom is 0.425 e. The molecule has 1 N–H and O–H groups in total. The van der Waals surface area contributed by atoms with Crippen molar-refractivity contribution in [3.63, 3.8) is 0 Å². The smallest absolute Gasteiger partial charge is 0.326 e. The minimum absolute atomic E-state index is 0.0300. The summed E-state index contributed by atoms with van der Waals surface area (Å²) in [5.74, 6) is -4.29. The van der Waals surface area contributed by atoms with Crippen LogP contribution < -0.4 is 10.2 Å². The molecule has 0 radical (unpaired) electrons. The number of alkyl halides is 3. The van der Waals surface area contributed by atoms with Crippen LogP contribution in [0.2, 0.25) is 0 Å². The second-order valence-electron chi connectivity index (χ2n) is 8.82. The van der Waals surface area contributed by atoms with Gasteiger partial charge in [0, 0.05) is 30.2 Å². The predicted octanol–water partition coefficient (Wildman–Crippen LogP) is 3.94. The molecule has 4 rings (SSSR count). The average molecular weight is 461 g/mol. The maximum absolute atomic E-state index is 14.7. The van der Waals surface area contributed by atoms with Crippen LogP contribution in [0.15, 0.2) is 60.1 Å². The van der Waals surface area contributed by atoms with Crippen LogP contribution in [-0.2, 0) is 9.59 Å². The van der Waals surface area contributed by atoms with Crippen LogP contribution in [0.1, 0.15) is 37.0 Å². The Bertz CT molecular complexity index is 1170. The number of pyridine rings is 1. The van der Waals surface area contributed by atoms with Gasteiger partial charge in [-0.05, 0) is 48.2 Å². The lowest BCUT2D eigenvalue weighted by Crippen LogP contribution is -2.66. The van der Waals surface area contributed by atoms with Crippen molar-refractivity contribution in [2.75, 3.05) is 4.90 Å². The quantitative estimate of drug-likeness (QED) is 0.703. The molecular weight excluding hydrogens is 442 g/mol. The molecule has 2 amide bonds. The van der Waals surface area contributed by atoms with Gasteiger partial charge in [-0.1, -0.05) is 13.8 Å². The van der Waals surface area contributed by atoms with Gasteiger partial charge in [-0.2, -0.15) is 13.2 Å². The van der Waals surface area contributed by atoms with E-state index < -0.39 is 46.1 Å². The van der Waals surface area contributed by atoms with Gasteiger partial charge in [0.05, 0.1) is 11.1 Å². The van der Waals surface area contributed by atoms with Crippen molar-refractivity contribution in [1.82, 2.24) is 10.3 Å². The minimum Gasteiger partial charge on any atom is -0.326 e. The summed E-state index contributed by atoms with van der Waals surface area (Å²) < 4.78 is 57.6. The summed E-state index contributed by atoms with van der Waals surface area (Å²) >= 11 is 0. The van der Waals surface area contributed by atoms with E-state index in [0.717, 1.165) is 35.4 Å². The topological polar surface area (TPSA) is 79.4 Å². The summed E-state index contributed by atoms with van der Waals surface area (Å²) in [4.78, 5) is 43.9. The van der Waals surface area contributed by atoms with Gasteiger partial charge in [-0.3, -0.25) is 24.3 Å². The van der Waals surface area contributed by atoms with Crippen LogP contribution in [0.3, 0.4) is 0 Å². The summed E-state index contributed by atoms with van der Waals surface area (Å²) in [6.45, 7) is 3.40. The molecule has 0 spiro atoms. The number of hydrogen-bond donors (Lipinski definition) is 1. The SMILES string of the molecule is CC1(C)CC(=O)C2=C(C1)N(c1ccc(F)cc1)C(=O)[C@]2(NC(=O)c1cccnc1)C(F)(F)F. The first-order chi connectivity index (χ1) is 15.4. The Morgan fingerprint density at radius 1 is 1.09 bits per heavy atom. The molecular formula is C23H19F4N3O3. The molecule has 2 heterocycles. The van der Waals surface area contributed by atoms with Crippen LogP contribution in [0.4, 0.5) is 23.2 Å². The van der Waals surface area contributed by atoms with Crippen molar-refractivity contribution in [3.8, 4) is 0 Å². The number of benzene rings is 1. The second kappa shape index (κ2) is 7.50. The van der Waals surface area contributed by atoms with Crippen LogP contribution in [0, 0.1) is 11.2 Å². The highest BCUT2D eigenvalue weighted by Crippen LogP contribution is 2.52. The molecule has 0 saturated carbocycles. The molecule has 33 heavy (non-hydrogen) atoms. The van der Waals surface area contributed by atoms with Gasteiger partial charge in [0.25, 0.3) is 11.8 Å². The van der Waals surface area contributed by atoms with Gasteiger partial charge in [0.1, 0.15) is 5.82 Å². The first kappa shape index (κ1) is 22.6. The normalized spacial score (nSPS) is 22.4. The van der Waals surface area contributed by atoms with E-state index in [1.54, 1.807) is 13.8 Å². The number of carbonyl (C=O) groups excluding carboxylic acids is 3. The van der Waals surface area contributed by atoms with E-state index in [1.165, 1.54) is 18.3 Å². The molecule has 172 valence electrons. The summed E-state index contributed by atoms with van der Waals surface area (Å²) in [7, 11) is 0. The third-order valence-corrected chi connectivity index (χ3v) is 5.76. The van der Waals surface area contributed by atoms with E-state index in [4.69, 9.17) is 0 Å². The first-order valence-electron chi connectivity index (χ1n) is 10.0. The number of amides is 2. The molecule has 1 atom stereocenters. The zero-order chi connectivity index (χ0) is 24.2. The van der Waals surface area contributed by atoms with Crippen LogP contribution in [0.5, 0.6) is 0 Å². The number of ketones is 1. The number of nitrogens with zero attached hydrogens (tertiary/aromatic N) is 2. The number of anilines is 1. The monoisotopic (exact) mass is 461 g/mol. The summed E-state index contributed by atoms with van der Waals surface area (Å²) in [5, 5.41) is 1.82. The van der Waals surface area contributed by atoms with E-state index in [9.17, 15) is 31.9 Å². The number of halogens is 4. The van der Waals surface area contributed by atoms with Gasteiger partial charge in [0.15, 0.2) is 5.78 Å². The van der Waals surface area contributed by atoms with Crippen LogP contribution >= 0.6 is 0 Å². The minimum atomic E-state index is -5.34. The predicted molar refractivity (Wildman–Crippen MR) is 109 cm³/mol. The van der Waals surface area contributed by atoms with Gasteiger partial charge in [-0.15, -0.1) is 0 Å². The largest absolute Gasteiger partial charge is 0.425 e. The lowest BCUT2D eigenvalue weighted by molar-refractivity contribution is -0.186. The lowest BCUT2D eigenvalue weighted by atomic mass is 9.72. The number of allylic oxidation sites excluding steroid dienone is 1. The maximum atomic E-state index is 14.7. The zero-order valence-corrected chi connectivity index (χ0v) is 17.7. The average Bonchev–Trinajstić information content (AvgIpc) is 2.97. The standard InChI is InChI=1S/C23H19F4N3O3/c1-21(2)10-16-18(17(31)11-21)22(23(25,26)27,29-19(32)13-4-3-9-28-12-13)20(33)30(16)15-7-5-14(24)6-8-15/h3-9,12H,10-11H2,1-2H3,(H,29,32)/t22-/m0/s1. The molecule has 1 aliphatic heterocycles. The highest BCUT2D eigenvalue weighted by atomic mass is 19.4. The second-order valence-corrected chi connectivity index (χ2v) is 8.82. The van der Waals surface area contributed by atoms with Crippen molar-refractivity contribution in [1.29, 1.82) is 0 Å². The molecule has 2 aromatic rings. The van der Waals surface area contributed by atoms with E-state index in [-0.39, 0.29) is 29.8 Å². The Balaban J connectivity index is 1.94. The van der Waals surface area contributed by atoms with Crippen molar-refractivity contribution in [3.05, 3.63) is 71.4 Å². The molecule has 10 heteroatoms. The number of nitrogens with one attached hydrogen (secondary N) is 1. The molecule has 0 fully saturated rings. The van der Waals surface area contributed by atoms with Crippen LogP contribution in [0.25, 0.3) is 0 Å². The molecule has 1 aromatic carbocycles. The fourth-order valence-electron chi connectivity index (χ4n) is 4.35. The van der Waals surface area contributed by atoms with E-state index >= 15 is 0 Å². The molecule has 1 aromatic heterocycles. The van der Waals surface area contributed by atoms with Gasteiger partial charge in [0.2, 0.25) is 5.54 Å². The number of hydrogen-bond acceptors (Lipinski definition) is 4. The fraction of sp³-hybridized carbons (Fsp3) is 0.304. The zero-order valence-electron chi connectivity index (χ0n) is 17.7. The molecule has 0 bridgehead atoms. The van der Waals surface area contributed by atoms with E-state index in [1.807, 2.05) is 5.32 Å². The van der Waals surface area contributed by atoms with Crippen molar-refractivity contribution in [2.24, 2.45) is 5.41 Å². The number of aromatic nitrogens is 1. The Labute approximate surface area is 186 Å². The first-order valence-corrected chi connectivity index (χ1v) is 10.0. The lowest BCUT2D eigenvalue weighted by Gasteiger charge is -2.35. The summed E-state index contributed by atoms with van der Waals surface area (Å²) in [6, 6.07) is 6.90. The Kier molecular flexibility index (Phi) is 5.14. The van der Waals surface area contributed by atoms with Crippen molar-refractivity contribution < 1.29 is 31.9 Å². The number of carbonyl (C=O) groups is 3. The molecule has 0 unspecified atom stereocenters. The number of Topliss-reactive ketones (excluding diaryl/α,β-unsaturated/α-hetero) is 1. The Hall–Kier alpha value is -3.56. The van der Waals surface area contributed by atoms with Gasteiger partial charge >= 0.3 is 6.18 Å². The molecule has 2 aliphatic rings. The highest BCUT2D eigenvalue weighted by molar-refractivity contribution is 6.21. The molecule has 1 aliphatic carbocycles. The Morgan fingerprint density at radius 3 is 2.33 bits per heavy atom. The van der Waals surface area contributed by atoms with E-state index in [2.05, 4.69) is 4.98 Å². The fourth-order valence-corrected chi connectivity index (χ4v) is 4.35. The van der Waals surface area contributed by atoms with E-state index in [0.29, 0.717) is 0 Å².